The first-order chi connectivity index (χ1) is 8.74. The average molecular weight is 249 g/mol. The number of nitrogens with zero attached hydrogens (tertiary/aromatic N) is 1. The van der Waals surface area contributed by atoms with Gasteiger partial charge in [-0.15, -0.1) is 0 Å². The minimum Gasteiger partial charge on any atom is -0.492 e. The SMILES string of the molecule is CCNC1CCN(c2ccc(N)c(OCC)c2)C1. The van der Waals surface area contributed by atoms with E-state index in [-0.39, 0.29) is 0 Å². The molecular formula is C14H23N3O. The van der Waals surface area contributed by atoms with Gasteiger partial charge < -0.3 is 20.7 Å². The highest BCUT2D eigenvalue weighted by atomic mass is 16.5. The summed E-state index contributed by atoms with van der Waals surface area (Å²) in [6.45, 7) is 7.96. The number of nitrogen functional groups attached to an aromatic ring is 1. The Morgan fingerprint density at radius 2 is 2.28 bits per heavy atom. The summed E-state index contributed by atoms with van der Waals surface area (Å²) in [7, 11) is 0. The monoisotopic (exact) mass is 249 g/mol. The van der Waals surface area contributed by atoms with Crippen LogP contribution < -0.4 is 20.7 Å². The second kappa shape index (κ2) is 5.96. The van der Waals surface area contributed by atoms with Gasteiger partial charge in [-0.25, -0.2) is 0 Å². The van der Waals surface area contributed by atoms with Gasteiger partial charge in [-0.3, -0.25) is 0 Å². The molecule has 1 aromatic rings. The van der Waals surface area contributed by atoms with Gasteiger partial charge in [0.1, 0.15) is 5.75 Å². The molecule has 3 N–H and O–H groups in total. The highest BCUT2D eigenvalue weighted by Crippen LogP contribution is 2.29. The van der Waals surface area contributed by atoms with E-state index in [4.69, 9.17) is 10.5 Å². The number of anilines is 2. The lowest BCUT2D eigenvalue weighted by Crippen LogP contribution is -2.32. The van der Waals surface area contributed by atoms with Gasteiger partial charge in [0.2, 0.25) is 0 Å². The molecule has 1 saturated heterocycles. The van der Waals surface area contributed by atoms with Crippen molar-refractivity contribution in [2.45, 2.75) is 26.3 Å². The first kappa shape index (κ1) is 13.0. The zero-order chi connectivity index (χ0) is 13.0. The Kier molecular flexibility index (Phi) is 4.31. The van der Waals surface area contributed by atoms with E-state index < -0.39 is 0 Å². The van der Waals surface area contributed by atoms with Gasteiger partial charge in [-0.2, -0.15) is 0 Å². The van der Waals surface area contributed by atoms with Gasteiger partial charge in [0, 0.05) is 30.9 Å². The Morgan fingerprint density at radius 1 is 1.44 bits per heavy atom. The highest BCUT2D eigenvalue weighted by molar-refractivity contribution is 5.62. The van der Waals surface area contributed by atoms with Crippen molar-refractivity contribution in [3.63, 3.8) is 0 Å². The molecule has 0 radical (unpaired) electrons. The summed E-state index contributed by atoms with van der Waals surface area (Å²) in [6, 6.07) is 6.66. The zero-order valence-electron chi connectivity index (χ0n) is 11.3. The number of benzene rings is 1. The third-order valence-corrected chi connectivity index (χ3v) is 3.34. The Balaban J connectivity index is 2.07. The fourth-order valence-electron chi connectivity index (χ4n) is 2.45. The van der Waals surface area contributed by atoms with E-state index in [1.54, 1.807) is 0 Å². The van der Waals surface area contributed by atoms with Crippen molar-refractivity contribution in [3.8, 4) is 5.75 Å². The molecule has 0 aliphatic carbocycles. The molecule has 1 atom stereocenters. The molecule has 18 heavy (non-hydrogen) atoms. The van der Waals surface area contributed by atoms with E-state index in [1.807, 2.05) is 19.1 Å². The van der Waals surface area contributed by atoms with E-state index >= 15 is 0 Å². The highest BCUT2D eigenvalue weighted by Gasteiger charge is 2.22. The molecular weight excluding hydrogens is 226 g/mol. The van der Waals surface area contributed by atoms with Crippen molar-refractivity contribution in [2.24, 2.45) is 0 Å². The van der Waals surface area contributed by atoms with Gasteiger partial charge in [-0.1, -0.05) is 6.92 Å². The molecule has 0 bridgehead atoms. The maximum Gasteiger partial charge on any atom is 0.144 e. The first-order valence-corrected chi connectivity index (χ1v) is 6.75. The molecule has 1 heterocycles. The van der Waals surface area contributed by atoms with Crippen LogP contribution in [0.2, 0.25) is 0 Å². The maximum absolute atomic E-state index is 5.89. The fraction of sp³-hybridized carbons (Fsp3) is 0.571. The minimum atomic E-state index is 0.600. The maximum atomic E-state index is 5.89. The van der Waals surface area contributed by atoms with Gasteiger partial charge in [0.25, 0.3) is 0 Å². The van der Waals surface area contributed by atoms with Crippen molar-refractivity contribution in [1.82, 2.24) is 5.32 Å². The molecule has 100 valence electrons. The number of hydrogen-bond acceptors (Lipinski definition) is 4. The Hall–Kier alpha value is -1.42. The normalized spacial score (nSPS) is 19.2. The lowest BCUT2D eigenvalue weighted by atomic mass is 10.2. The molecule has 1 aliphatic rings. The molecule has 2 rings (SSSR count). The van der Waals surface area contributed by atoms with Crippen LogP contribution in [0.4, 0.5) is 11.4 Å². The van der Waals surface area contributed by atoms with Crippen molar-refractivity contribution in [1.29, 1.82) is 0 Å². The number of rotatable bonds is 5. The van der Waals surface area contributed by atoms with Gasteiger partial charge in [0.05, 0.1) is 12.3 Å². The number of ether oxygens (including phenoxy) is 1. The van der Waals surface area contributed by atoms with Gasteiger partial charge in [-0.05, 0) is 32.0 Å². The van der Waals surface area contributed by atoms with Crippen molar-refractivity contribution >= 4 is 11.4 Å². The smallest absolute Gasteiger partial charge is 0.144 e. The van der Waals surface area contributed by atoms with Gasteiger partial charge in [0.15, 0.2) is 0 Å². The van der Waals surface area contributed by atoms with Crippen LogP contribution in [0.15, 0.2) is 18.2 Å². The fourth-order valence-corrected chi connectivity index (χ4v) is 2.45. The van der Waals surface area contributed by atoms with Crippen molar-refractivity contribution < 1.29 is 4.74 Å². The largest absolute Gasteiger partial charge is 0.492 e. The van der Waals surface area contributed by atoms with E-state index in [0.29, 0.717) is 18.3 Å². The number of likely N-dealkylation sites (N-methyl/N-ethyl adjacent to an activating group) is 1. The third-order valence-electron chi connectivity index (χ3n) is 3.34. The van der Waals surface area contributed by atoms with E-state index in [1.165, 1.54) is 12.1 Å². The molecule has 1 aliphatic heterocycles. The number of hydrogen-bond donors (Lipinski definition) is 2. The molecule has 4 heteroatoms. The Bertz CT molecular complexity index is 395. The van der Waals surface area contributed by atoms with Crippen LogP contribution in [-0.4, -0.2) is 32.3 Å². The number of nitrogens with two attached hydrogens (primary N) is 1. The quantitative estimate of drug-likeness (QED) is 0.782. The molecule has 0 aromatic heterocycles. The average Bonchev–Trinajstić information content (AvgIpc) is 2.81. The molecule has 4 nitrogen and oxygen atoms in total. The molecule has 1 aromatic carbocycles. The van der Waals surface area contributed by atoms with Crippen LogP contribution in [0.1, 0.15) is 20.3 Å². The Morgan fingerprint density at radius 3 is 3.00 bits per heavy atom. The van der Waals surface area contributed by atoms with Gasteiger partial charge >= 0.3 is 0 Å². The van der Waals surface area contributed by atoms with E-state index in [0.717, 1.165) is 25.4 Å². The summed E-state index contributed by atoms with van der Waals surface area (Å²) in [6.07, 6.45) is 1.20. The topological polar surface area (TPSA) is 50.5 Å². The number of nitrogens with one attached hydrogen (secondary N) is 1. The summed E-state index contributed by atoms with van der Waals surface area (Å²) >= 11 is 0. The van der Waals surface area contributed by atoms with Crippen LogP contribution >= 0.6 is 0 Å². The second-order valence-corrected chi connectivity index (χ2v) is 4.64. The van der Waals surface area contributed by atoms with Crippen LogP contribution in [0.25, 0.3) is 0 Å². The lowest BCUT2D eigenvalue weighted by molar-refractivity contribution is 0.342. The van der Waals surface area contributed by atoms with Crippen LogP contribution in [-0.2, 0) is 0 Å². The third kappa shape index (κ3) is 2.88. The Labute approximate surface area is 109 Å². The van der Waals surface area contributed by atoms with Crippen LogP contribution in [0, 0.1) is 0 Å². The molecule has 0 spiro atoms. The zero-order valence-corrected chi connectivity index (χ0v) is 11.3. The van der Waals surface area contributed by atoms with Crippen molar-refractivity contribution in [2.75, 3.05) is 36.9 Å². The molecule has 0 saturated carbocycles. The molecule has 1 unspecified atom stereocenters. The van der Waals surface area contributed by atoms with E-state index in [9.17, 15) is 0 Å². The standard InChI is InChI=1S/C14H23N3O/c1-3-16-11-7-8-17(10-11)12-5-6-13(15)14(9-12)18-4-2/h5-6,9,11,16H,3-4,7-8,10,15H2,1-2H3. The van der Waals surface area contributed by atoms with E-state index in [2.05, 4.69) is 23.2 Å². The first-order valence-electron chi connectivity index (χ1n) is 6.75. The molecule has 0 amide bonds. The molecule has 1 fully saturated rings. The summed E-state index contributed by atoms with van der Waals surface area (Å²) in [5, 5.41) is 3.50. The predicted molar refractivity (Wildman–Crippen MR) is 76.3 cm³/mol. The minimum absolute atomic E-state index is 0.600. The summed E-state index contributed by atoms with van der Waals surface area (Å²) < 4.78 is 5.54. The van der Waals surface area contributed by atoms with Crippen LogP contribution in [0.5, 0.6) is 5.75 Å². The predicted octanol–water partition coefficient (Wildman–Crippen LogP) is 1.86. The summed E-state index contributed by atoms with van der Waals surface area (Å²) in [5.41, 5.74) is 7.81. The van der Waals surface area contributed by atoms with Crippen LogP contribution in [0.3, 0.4) is 0 Å². The second-order valence-electron chi connectivity index (χ2n) is 4.64. The lowest BCUT2D eigenvalue weighted by Gasteiger charge is -2.20. The van der Waals surface area contributed by atoms with Crippen molar-refractivity contribution in [3.05, 3.63) is 18.2 Å². The summed E-state index contributed by atoms with van der Waals surface area (Å²) in [4.78, 5) is 2.38. The summed E-state index contributed by atoms with van der Waals surface area (Å²) in [5.74, 6) is 0.793.